The molecule has 3 heterocycles. The molecule has 5 nitrogen and oxygen atoms in total. The van der Waals surface area contributed by atoms with Crippen molar-refractivity contribution in [1.29, 1.82) is 0 Å². The van der Waals surface area contributed by atoms with Crippen molar-refractivity contribution < 1.29 is 9.59 Å². The fourth-order valence-corrected chi connectivity index (χ4v) is 4.67. The van der Waals surface area contributed by atoms with E-state index in [-0.39, 0.29) is 18.0 Å². The summed E-state index contributed by atoms with van der Waals surface area (Å²) in [6.45, 7) is 3.77. The molecule has 0 radical (unpaired) electrons. The van der Waals surface area contributed by atoms with Gasteiger partial charge in [0.05, 0.1) is 11.1 Å². The van der Waals surface area contributed by atoms with Crippen molar-refractivity contribution in [3.05, 3.63) is 29.8 Å². The molecule has 24 heavy (non-hydrogen) atoms. The van der Waals surface area contributed by atoms with Crippen LogP contribution in [0, 0.1) is 0 Å². The minimum atomic E-state index is -0.653. The Bertz CT molecular complexity index is 686. The Morgan fingerprint density at radius 2 is 1.79 bits per heavy atom. The molecule has 2 bridgehead atoms. The number of urea groups is 1. The number of anilines is 1. The molecule has 3 amide bonds. The molecule has 0 aromatic heterocycles. The minimum Gasteiger partial charge on any atom is -0.334 e. The van der Waals surface area contributed by atoms with Crippen LogP contribution in [0.5, 0.6) is 0 Å². The van der Waals surface area contributed by atoms with Crippen molar-refractivity contribution in [3.8, 4) is 0 Å². The molecule has 3 aliphatic heterocycles. The molecular formula is C19H25N3O2. The first-order chi connectivity index (χ1) is 11.4. The number of nitrogens with one attached hydrogen (secondary N) is 1. The first-order valence-electron chi connectivity index (χ1n) is 8.86. The van der Waals surface area contributed by atoms with E-state index in [2.05, 4.69) is 17.3 Å². The van der Waals surface area contributed by atoms with Crippen LogP contribution in [0.1, 0.15) is 45.1 Å². The highest BCUT2D eigenvalue weighted by molar-refractivity contribution is 6.22. The van der Waals surface area contributed by atoms with Crippen LogP contribution >= 0.6 is 0 Å². The molecular weight excluding hydrogens is 302 g/mol. The standard InChI is InChI=1S/C19H25N3O2/c1-19(2)15-6-4-5-7-16(15)22(17(19)23)18(24)20-12-10-13-8-9-14(11-12)21(13)3/h4-7,12-14H,8-11H2,1-3H3,(H,20,24). The first-order valence-corrected chi connectivity index (χ1v) is 8.86. The van der Waals surface area contributed by atoms with Crippen molar-refractivity contribution in [2.75, 3.05) is 11.9 Å². The molecule has 1 N–H and O–H groups in total. The summed E-state index contributed by atoms with van der Waals surface area (Å²) < 4.78 is 0. The van der Waals surface area contributed by atoms with Gasteiger partial charge in [-0.1, -0.05) is 18.2 Å². The number of nitrogens with zero attached hydrogens (tertiary/aromatic N) is 2. The lowest BCUT2D eigenvalue weighted by molar-refractivity contribution is -0.121. The second-order valence-corrected chi connectivity index (χ2v) is 7.95. The van der Waals surface area contributed by atoms with Crippen LogP contribution in [-0.4, -0.2) is 42.0 Å². The van der Waals surface area contributed by atoms with Crippen LogP contribution in [0.4, 0.5) is 10.5 Å². The fraction of sp³-hybridized carbons (Fsp3) is 0.579. The quantitative estimate of drug-likeness (QED) is 0.863. The van der Waals surface area contributed by atoms with E-state index in [4.69, 9.17) is 0 Å². The third-order valence-electron chi connectivity index (χ3n) is 6.18. The van der Waals surface area contributed by atoms with Gasteiger partial charge >= 0.3 is 6.03 Å². The van der Waals surface area contributed by atoms with Crippen molar-refractivity contribution in [2.45, 2.75) is 63.1 Å². The van der Waals surface area contributed by atoms with Crippen LogP contribution in [0.2, 0.25) is 0 Å². The van der Waals surface area contributed by atoms with Crippen molar-refractivity contribution in [2.24, 2.45) is 0 Å². The Labute approximate surface area is 143 Å². The summed E-state index contributed by atoms with van der Waals surface area (Å²) in [4.78, 5) is 29.5. The zero-order chi connectivity index (χ0) is 17.1. The van der Waals surface area contributed by atoms with Crippen LogP contribution < -0.4 is 10.2 Å². The van der Waals surface area contributed by atoms with E-state index < -0.39 is 5.41 Å². The third-order valence-corrected chi connectivity index (χ3v) is 6.18. The van der Waals surface area contributed by atoms with Crippen molar-refractivity contribution in [3.63, 3.8) is 0 Å². The summed E-state index contributed by atoms with van der Waals surface area (Å²) in [6, 6.07) is 8.62. The topological polar surface area (TPSA) is 52.7 Å². The van der Waals surface area contributed by atoms with Gasteiger partial charge in [0.1, 0.15) is 0 Å². The Morgan fingerprint density at radius 3 is 2.46 bits per heavy atom. The molecule has 1 aromatic carbocycles. The monoisotopic (exact) mass is 327 g/mol. The summed E-state index contributed by atoms with van der Waals surface area (Å²) in [5, 5.41) is 3.13. The van der Waals surface area contributed by atoms with Gasteiger partial charge in [-0.05, 0) is 58.2 Å². The molecule has 128 valence electrons. The van der Waals surface area contributed by atoms with Gasteiger partial charge in [0.2, 0.25) is 5.91 Å². The summed E-state index contributed by atoms with van der Waals surface area (Å²) in [5.74, 6) is -0.142. The largest absolute Gasteiger partial charge is 0.334 e. The van der Waals surface area contributed by atoms with E-state index >= 15 is 0 Å². The molecule has 2 fully saturated rings. The molecule has 4 rings (SSSR count). The van der Waals surface area contributed by atoms with Gasteiger partial charge in [0, 0.05) is 18.1 Å². The van der Waals surface area contributed by atoms with E-state index in [0.29, 0.717) is 12.1 Å². The SMILES string of the molecule is CN1C2CCC1CC(NC(=O)N1C(=O)C(C)(C)c3ccccc31)C2. The van der Waals surface area contributed by atoms with Gasteiger partial charge in [-0.25, -0.2) is 9.69 Å². The summed E-state index contributed by atoms with van der Waals surface area (Å²) in [6.07, 6.45) is 4.38. The van der Waals surface area contributed by atoms with Gasteiger partial charge in [-0.2, -0.15) is 0 Å². The number of fused-ring (bicyclic) bond motifs is 3. The van der Waals surface area contributed by atoms with E-state index in [1.165, 1.54) is 17.7 Å². The highest BCUT2D eigenvalue weighted by Gasteiger charge is 2.47. The van der Waals surface area contributed by atoms with Crippen LogP contribution in [0.3, 0.4) is 0 Å². The third kappa shape index (κ3) is 2.18. The van der Waals surface area contributed by atoms with E-state index in [9.17, 15) is 9.59 Å². The lowest BCUT2D eigenvalue weighted by atomic mass is 9.86. The Hall–Kier alpha value is -1.88. The number of piperidine rings is 1. The smallest absolute Gasteiger partial charge is 0.329 e. The minimum absolute atomic E-state index is 0.142. The zero-order valence-corrected chi connectivity index (χ0v) is 14.6. The predicted octanol–water partition coefficient (Wildman–Crippen LogP) is 2.65. The predicted molar refractivity (Wildman–Crippen MR) is 93.1 cm³/mol. The summed E-state index contributed by atoms with van der Waals surface area (Å²) >= 11 is 0. The lowest BCUT2D eigenvalue weighted by Gasteiger charge is -2.37. The number of para-hydroxylation sites is 1. The highest BCUT2D eigenvalue weighted by atomic mass is 16.2. The molecule has 0 spiro atoms. The fourth-order valence-electron chi connectivity index (χ4n) is 4.67. The van der Waals surface area contributed by atoms with Crippen molar-refractivity contribution in [1.82, 2.24) is 10.2 Å². The number of rotatable bonds is 1. The average Bonchev–Trinajstić information content (AvgIpc) is 2.88. The van der Waals surface area contributed by atoms with Gasteiger partial charge in [-0.15, -0.1) is 0 Å². The molecule has 0 saturated carbocycles. The Morgan fingerprint density at radius 1 is 1.17 bits per heavy atom. The first kappa shape index (κ1) is 15.6. The number of hydrogen-bond donors (Lipinski definition) is 1. The van der Waals surface area contributed by atoms with E-state index in [0.717, 1.165) is 24.1 Å². The normalized spacial score (nSPS) is 31.2. The number of imide groups is 1. The number of carbonyl (C=O) groups excluding carboxylic acids is 2. The molecule has 3 aliphatic rings. The summed E-state index contributed by atoms with van der Waals surface area (Å²) in [5.41, 5.74) is 0.995. The zero-order valence-electron chi connectivity index (χ0n) is 14.6. The van der Waals surface area contributed by atoms with Gasteiger partial charge in [0.15, 0.2) is 0 Å². The Balaban J connectivity index is 1.54. The van der Waals surface area contributed by atoms with Gasteiger partial charge < -0.3 is 10.2 Å². The molecule has 2 atom stereocenters. The Kier molecular flexibility index (Phi) is 3.46. The molecule has 1 aromatic rings. The maximum absolute atomic E-state index is 12.9. The van der Waals surface area contributed by atoms with E-state index in [1.807, 2.05) is 38.1 Å². The highest BCUT2D eigenvalue weighted by Crippen LogP contribution is 2.41. The molecule has 5 heteroatoms. The number of benzene rings is 1. The van der Waals surface area contributed by atoms with Gasteiger partial charge in [-0.3, -0.25) is 4.79 Å². The number of amides is 3. The second-order valence-electron chi connectivity index (χ2n) is 7.95. The second kappa shape index (κ2) is 5.31. The maximum atomic E-state index is 12.9. The van der Waals surface area contributed by atoms with Crippen LogP contribution in [0.15, 0.2) is 24.3 Å². The summed E-state index contributed by atoms with van der Waals surface area (Å²) in [7, 11) is 2.18. The van der Waals surface area contributed by atoms with E-state index in [1.54, 1.807) is 0 Å². The van der Waals surface area contributed by atoms with Crippen LogP contribution in [0.25, 0.3) is 0 Å². The average molecular weight is 327 g/mol. The van der Waals surface area contributed by atoms with Gasteiger partial charge in [0.25, 0.3) is 0 Å². The van der Waals surface area contributed by atoms with Crippen molar-refractivity contribution >= 4 is 17.6 Å². The molecule has 0 aliphatic carbocycles. The molecule has 2 unspecified atom stereocenters. The number of carbonyl (C=O) groups is 2. The maximum Gasteiger partial charge on any atom is 0.329 e. The number of hydrogen-bond acceptors (Lipinski definition) is 3. The lowest BCUT2D eigenvalue weighted by Crippen LogP contribution is -2.53. The van der Waals surface area contributed by atoms with Crippen LogP contribution in [-0.2, 0) is 10.2 Å². The molecule has 2 saturated heterocycles.